The average Bonchev–Trinajstić information content (AvgIpc) is 2.63. The summed E-state index contributed by atoms with van der Waals surface area (Å²) in [6.45, 7) is 2.75. The maximum absolute atomic E-state index is 12.7. The van der Waals surface area contributed by atoms with Crippen molar-refractivity contribution in [3.05, 3.63) is 23.8 Å². The number of benzene rings is 1. The zero-order chi connectivity index (χ0) is 17.1. The van der Waals surface area contributed by atoms with Crippen LogP contribution in [-0.2, 0) is 4.79 Å². The first kappa shape index (κ1) is 16.8. The Balaban J connectivity index is 2.02. The van der Waals surface area contributed by atoms with Gasteiger partial charge in [0, 0.05) is 23.9 Å². The molecular formula is C19H26N2O3. The molecule has 1 aliphatic carbocycles. The number of carbonyl (C=O) groups is 1. The SMILES string of the molecule is CCCN1N=C(c2ccc(OC)c(OC)c2)[C@@H]2CCCC[C@@H]2C1=O. The molecular weight excluding hydrogens is 304 g/mol. The summed E-state index contributed by atoms with van der Waals surface area (Å²) >= 11 is 0. The minimum Gasteiger partial charge on any atom is -0.493 e. The fourth-order valence-electron chi connectivity index (χ4n) is 3.84. The Morgan fingerprint density at radius 3 is 2.50 bits per heavy atom. The van der Waals surface area contributed by atoms with Crippen LogP contribution < -0.4 is 9.47 Å². The Labute approximate surface area is 143 Å². The van der Waals surface area contributed by atoms with Gasteiger partial charge in [-0.05, 0) is 37.5 Å². The van der Waals surface area contributed by atoms with E-state index in [1.807, 2.05) is 18.2 Å². The van der Waals surface area contributed by atoms with E-state index in [-0.39, 0.29) is 17.7 Å². The smallest absolute Gasteiger partial charge is 0.246 e. The van der Waals surface area contributed by atoms with Crippen LogP contribution in [0.4, 0.5) is 0 Å². The summed E-state index contributed by atoms with van der Waals surface area (Å²) in [5.74, 6) is 1.90. The Kier molecular flexibility index (Phi) is 5.07. The summed E-state index contributed by atoms with van der Waals surface area (Å²) in [5.41, 5.74) is 2.05. The minimum atomic E-state index is 0.0749. The lowest BCUT2D eigenvalue weighted by Gasteiger charge is -2.38. The molecule has 0 bridgehead atoms. The van der Waals surface area contributed by atoms with Crippen LogP contribution in [0.1, 0.15) is 44.6 Å². The van der Waals surface area contributed by atoms with Crippen molar-refractivity contribution in [1.29, 1.82) is 0 Å². The molecule has 1 aromatic carbocycles. The van der Waals surface area contributed by atoms with Gasteiger partial charge in [0.25, 0.3) is 0 Å². The Morgan fingerprint density at radius 1 is 1.12 bits per heavy atom. The van der Waals surface area contributed by atoms with Crippen LogP contribution in [-0.4, -0.2) is 37.4 Å². The predicted octanol–water partition coefficient (Wildman–Crippen LogP) is 3.47. The van der Waals surface area contributed by atoms with Gasteiger partial charge >= 0.3 is 0 Å². The highest BCUT2D eigenvalue weighted by atomic mass is 16.5. The molecule has 2 aliphatic rings. The number of hydrogen-bond acceptors (Lipinski definition) is 4. The molecule has 0 unspecified atom stereocenters. The normalized spacial score (nSPS) is 23.5. The van der Waals surface area contributed by atoms with E-state index < -0.39 is 0 Å². The van der Waals surface area contributed by atoms with Gasteiger partial charge in [-0.25, -0.2) is 5.01 Å². The van der Waals surface area contributed by atoms with Crippen molar-refractivity contribution >= 4 is 11.6 Å². The summed E-state index contributed by atoms with van der Waals surface area (Å²) in [7, 11) is 3.27. The molecule has 0 saturated heterocycles. The van der Waals surface area contributed by atoms with Crippen molar-refractivity contribution in [2.75, 3.05) is 20.8 Å². The molecule has 1 aliphatic heterocycles. The van der Waals surface area contributed by atoms with E-state index in [0.717, 1.165) is 43.4 Å². The summed E-state index contributed by atoms with van der Waals surface area (Å²) < 4.78 is 10.8. The number of ether oxygens (including phenoxy) is 2. The van der Waals surface area contributed by atoms with E-state index in [4.69, 9.17) is 14.6 Å². The number of hydrazone groups is 1. The molecule has 130 valence electrons. The summed E-state index contributed by atoms with van der Waals surface area (Å²) in [6, 6.07) is 5.91. The second-order valence-corrected chi connectivity index (χ2v) is 6.51. The minimum absolute atomic E-state index is 0.0749. The lowest BCUT2D eigenvalue weighted by atomic mass is 9.73. The van der Waals surface area contributed by atoms with Gasteiger partial charge in [-0.1, -0.05) is 19.8 Å². The number of carbonyl (C=O) groups excluding carboxylic acids is 1. The summed E-state index contributed by atoms with van der Waals surface area (Å²) in [6.07, 6.45) is 5.20. The van der Waals surface area contributed by atoms with Gasteiger partial charge in [0.2, 0.25) is 5.91 Å². The number of rotatable bonds is 5. The number of hydrogen-bond donors (Lipinski definition) is 0. The third kappa shape index (κ3) is 2.99. The molecule has 1 saturated carbocycles. The van der Waals surface area contributed by atoms with Crippen molar-refractivity contribution in [1.82, 2.24) is 5.01 Å². The van der Waals surface area contributed by atoms with E-state index in [2.05, 4.69) is 6.92 Å². The molecule has 1 aromatic rings. The molecule has 24 heavy (non-hydrogen) atoms. The standard InChI is InChI=1S/C19H26N2O3/c1-4-11-21-19(22)15-8-6-5-7-14(15)18(20-21)13-9-10-16(23-2)17(12-13)24-3/h9-10,12,14-15H,4-8,11H2,1-3H3/t14-,15+/m1/s1. The molecule has 0 spiro atoms. The Morgan fingerprint density at radius 2 is 1.83 bits per heavy atom. The Bertz CT molecular complexity index is 641. The van der Waals surface area contributed by atoms with E-state index in [9.17, 15) is 4.79 Å². The predicted molar refractivity (Wildman–Crippen MR) is 93.5 cm³/mol. The maximum Gasteiger partial charge on any atom is 0.246 e. The van der Waals surface area contributed by atoms with Crippen molar-refractivity contribution < 1.29 is 14.3 Å². The van der Waals surface area contributed by atoms with Gasteiger partial charge in [0.1, 0.15) is 0 Å². The molecule has 1 heterocycles. The molecule has 0 aromatic heterocycles. The van der Waals surface area contributed by atoms with Crippen LogP contribution in [0.5, 0.6) is 11.5 Å². The van der Waals surface area contributed by atoms with Gasteiger partial charge in [-0.2, -0.15) is 5.10 Å². The molecule has 3 rings (SSSR count). The number of fused-ring (bicyclic) bond motifs is 1. The molecule has 5 nitrogen and oxygen atoms in total. The highest BCUT2D eigenvalue weighted by molar-refractivity contribution is 6.07. The maximum atomic E-state index is 12.7. The number of amides is 1. The number of methoxy groups -OCH3 is 2. The average molecular weight is 330 g/mol. The second kappa shape index (κ2) is 7.24. The van der Waals surface area contributed by atoms with E-state index in [1.165, 1.54) is 0 Å². The highest BCUT2D eigenvalue weighted by Gasteiger charge is 2.40. The topological polar surface area (TPSA) is 51.1 Å². The van der Waals surface area contributed by atoms with Gasteiger partial charge in [-0.15, -0.1) is 0 Å². The van der Waals surface area contributed by atoms with Gasteiger partial charge < -0.3 is 9.47 Å². The molecule has 1 fully saturated rings. The van der Waals surface area contributed by atoms with E-state index >= 15 is 0 Å². The van der Waals surface area contributed by atoms with Crippen LogP contribution >= 0.6 is 0 Å². The van der Waals surface area contributed by atoms with Crippen LogP contribution in [0.2, 0.25) is 0 Å². The third-order valence-electron chi connectivity index (χ3n) is 5.03. The fourth-order valence-corrected chi connectivity index (χ4v) is 3.84. The van der Waals surface area contributed by atoms with Crippen molar-refractivity contribution in [3.63, 3.8) is 0 Å². The van der Waals surface area contributed by atoms with E-state index in [0.29, 0.717) is 18.0 Å². The monoisotopic (exact) mass is 330 g/mol. The lowest BCUT2D eigenvalue weighted by molar-refractivity contribution is -0.138. The highest BCUT2D eigenvalue weighted by Crippen LogP contribution is 2.39. The quantitative estimate of drug-likeness (QED) is 0.831. The zero-order valence-electron chi connectivity index (χ0n) is 14.7. The first-order valence-electron chi connectivity index (χ1n) is 8.81. The molecule has 0 N–H and O–H groups in total. The second-order valence-electron chi connectivity index (χ2n) is 6.51. The lowest BCUT2D eigenvalue weighted by Crippen LogP contribution is -2.46. The largest absolute Gasteiger partial charge is 0.493 e. The zero-order valence-corrected chi connectivity index (χ0v) is 14.7. The summed E-state index contributed by atoms with van der Waals surface area (Å²) in [4.78, 5) is 12.7. The summed E-state index contributed by atoms with van der Waals surface area (Å²) in [5, 5.41) is 6.42. The van der Waals surface area contributed by atoms with Crippen molar-refractivity contribution in [2.45, 2.75) is 39.0 Å². The Hall–Kier alpha value is -2.04. The van der Waals surface area contributed by atoms with Crippen LogP contribution in [0.3, 0.4) is 0 Å². The van der Waals surface area contributed by atoms with Gasteiger partial charge in [0.05, 0.1) is 19.9 Å². The van der Waals surface area contributed by atoms with Crippen LogP contribution in [0.15, 0.2) is 23.3 Å². The van der Waals surface area contributed by atoms with Crippen molar-refractivity contribution in [2.24, 2.45) is 16.9 Å². The third-order valence-corrected chi connectivity index (χ3v) is 5.03. The first-order valence-corrected chi connectivity index (χ1v) is 8.81. The van der Waals surface area contributed by atoms with Crippen molar-refractivity contribution in [3.8, 4) is 11.5 Å². The van der Waals surface area contributed by atoms with Gasteiger partial charge in [0.15, 0.2) is 11.5 Å². The fraction of sp³-hybridized carbons (Fsp3) is 0.579. The van der Waals surface area contributed by atoms with Crippen LogP contribution in [0, 0.1) is 11.8 Å². The number of nitrogens with zero attached hydrogens (tertiary/aromatic N) is 2. The molecule has 1 amide bonds. The first-order chi connectivity index (χ1) is 11.7. The van der Waals surface area contributed by atoms with Crippen LogP contribution in [0.25, 0.3) is 0 Å². The van der Waals surface area contributed by atoms with Gasteiger partial charge in [-0.3, -0.25) is 4.79 Å². The molecule has 0 radical (unpaired) electrons. The van der Waals surface area contributed by atoms with E-state index in [1.54, 1.807) is 19.2 Å². The molecule has 2 atom stereocenters. The molecule has 5 heteroatoms.